The van der Waals surface area contributed by atoms with Crippen molar-refractivity contribution < 1.29 is 4.79 Å². The van der Waals surface area contributed by atoms with E-state index in [-0.39, 0.29) is 5.41 Å². The quantitative estimate of drug-likeness (QED) is 0.318. The van der Waals surface area contributed by atoms with E-state index in [1.54, 1.807) is 6.08 Å². The van der Waals surface area contributed by atoms with Gasteiger partial charge in [0.15, 0.2) is 0 Å². The van der Waals surface area contributed by atoms with E-state index in [0.29, 0.717) is 36.2 Å². The summed E-state index contributed by atoms with van der Waals surface area (Å²) >= 11 is 0. The second-order valence-corrected chi connectivity index (χ2v) is 11.4. The fraction of sp³-hybridized carbons (Fsp3) is 0.406. The van der Waals surface area contributed by atoms with Gasteiger partial charge in [-0.05, 0) is 65.6 Å². The number of piperidine rings is 3. The summed E-state index contributed by atoms with van der Waals surface area (Å²) in [5.74, 6) is 0.931. The van der Waals surface area contributed by atoms with Crippen LogP contribution in [-0.2, 0) is 16.8 Å². The molecule has 36 heavy (non-hydrogen) atoms. The maximum Gasteiger partial charge on any atom is 0.240 e. The third-order valence-corrected chi connectivity index (χ3v) is 8.17. The van der Waals surface area contributed by atoms with Gasteiger partial charge < -0.3 is 5.32 Å². The highest BCUT2D eigenvalue weighted by Crippen LogP contribution is 2.42. The summed E-state index contributed by atoms with van der Waals surface area (Å²) in [7, 11) is 0. The van der Waals surface area contributed by atoms with Crippen LogP contribution in [0.1, 0.15) is 61.8 Å². The lowest BCUT2D eigenvalue weighted by Crippen LogP contribution is -2.64. The van der Waals surface area contributed by atoms with E-state index in [4.69, 9.17) is 0 Å². The summed E-state index contributed by atoms with van der Waals surface area (Å²) in [5.41, 5.74) is 5.80. The van der Waals surface area contributed by atoms with Crippen molar-refractivity contribution in [2.75, 3.05) is 13.1 Å². The summed E-state index contributed by atoms with van der Waals surface area (Å²) in [6.45, 7) is 9.65. The Balaban J connectivity index is 1.50. The van der Waals surface area contributed by atoms with Gasteiger partial charge in [0.05, 0.1) is 5.69 Å². The molecule has 6 rings (SSSR count). The van der Waals surface area contributed by atoms with Crippen LogP contribution in [0.2, 0.25) is 0 Å². The van der Waals surface area contributed by atoms with Crippen molar-refractivity contribution in [2.24, 2.45) is 10.9 Å². The molecule has 3 heterocycles. The van der Waals surface area contributed by atoms with Crippen LogP contribution in [0.4, 0.5) is 5.69 Å². The van der Waals surface area contributed by atoms with Gasteiger partial charge in [-0.2, -0.15) is 4.99 Å². The van der Waals surface area contributed by atoms with E-state index < -0.39 is 0 Å². The van der Waals surface area contributed by atoms with Gasteiger partial charge in [0, 0.05) is 24.5 Å². The van der Waals surface area contributed by atoms with Gasteiger partial charge in [-0.1, -0.05) is 93.6 Å². The minimum atomic E-state index is 0.0298. The first-order valence-electron chi connectivity index (χ1n) is 13.2. The first-order chi connectivity index (χ1) is 17.5. The number of benzene rings is 3. The molecule has 186 valence electrons. The highest BCUT2D eigenvalue weighted by atomic mass is 16.1. The molecule has 0 saturated carbocycles. The average Bonchev–Trinajstić information content (AvgIpc) is 2.90. The molecule has 3 aliphatic heterocycles. The Bertz CT molecular complexity index is 1160. The van der Waals surface area contributed by atoms with Crippen LogP contribution in [0.15, 0.2) is 83.9 Å². The van der Waals surface area contributed by atoms with E-state index in [0.717, 1.165) is 18.7 Å². The predicted molar refractivity (Wildman–Crippen MR) is 146 cm³/mol. The van der Waals surface area contributed by atoms with Crippen LogP contribution in [0, 0.1) is 5.92 Å². The third-order valence-electron chi connectivity index (χ3n) is 8.17. The lowest BCUT2D eigenvalue weighted by molar-refractivity contribution is 0.00469. The summed E-state index contributed by atoms with van der Waals surface area (Å²) in [4.78, 5) is 17.9. The lowest BCUT2D eigenvalue weighted by atomic mass is 9.70. The van der Waals surface area contributed by atoms with Crippen molar-refractivity contribution in [3.05, 3.63) is 101 Å². The Hall–Kier alpha value is -3.04. The normalized spacial score (nSPS) is 23.4. The Morgan fingerprint density at radius 3 is 2.11 bits per heavy atom. The number of rotatable bonds is 7. The lowest BCUT2D eigenvalue weighted by Gasteiger charge is -2.54. The van der Waals surface area contributed by atoms with Crippen LogP contribution in [-0.4, -0.2) is 36.2 Å². The summed E-state index contributed by atoms with van der Waals surface area (Å²) in [6.07, 6.45) is 4.21. The molecule has 1 N–H and O–H groups in total. The number of carbonyl (C=O) groups excluding carboxylic acids is 1. The molecule has 2 bridgehead atoms. The molecule has 4 nitrogen and oxygen atoms in total. The second-order valence-electron chi connectivity index (χ2n) is 11.4. The van der Waals surface area contributed by atoms with E-state index in [1.807, 2.05) is 6.07 Å². The topological polar surface area (TPSA) is 44.7 Å². The van der Waals surface area contributed by atoms with Gasteiger partial charge in [0.25, 0.3) is 0 Å². The molecule has 0 radical (unpaired) electrons. The Morgan fingerprint density at radius 1 is 0.944 bits per heavy atom. The summed E-state index contributed by atoms with van der Waals surface area (Å²) in [5, 5.41) is 3.99. The van der Waals surface area contributed by atoms with Crippen molar-refractivity contribution in [3.8, 4) is 0 Å². The highest BCUT2D eigenvalue weighted by Gasteiger charge is 2.46. The molecule has 0 unspecified atom stereocenters. The van der Waals surface area contributed by atoms with E-state index in [1.165, 1.54) is 29.5 Å². The molecule has 4 heteroatoms. The molecular weight excluding hydrogens is 442 g/mol. The van der Waals surface area contributed by atoms with E-state index in [2.05, 4.69) is 109 Å². The number of aliphatic imine (C=N–C) groups is 1. The van der Waals surface area contributed by atoms with Crippen molar-refractivity contribution in [2.45, 2.75) is 63.6 Å². The Labute approximate surface area is 215 Å². The maximum absolute atomic E-state index is 11.2. The Kier molecular flexibility index (Phi) is 7.20. The number of nitrogens with one attached hydrogen (secondary N) is 1. The van der Waals surface area contributed by atoms with Crippen LogP contribution >= 0.6 is 0 Å². The first-order valence-corrected chi connectivity index (χ1v) is 13.2. The van der Waals surface area contributed by atoms with Gasteiger partial charge in [0.2, 0.25) is 6.08 Å². The fourth-order valence-corrected chi connectivity index (χ4v) is 6.28. The molecule has 0 spiro atoms. The molecule has 3 aromatic rings. The van der Waals surface area contributed by atoms with Crippen LogP contribution in [0.5, 0.6) is 0 Å². The van der Waals surface area contributed by atoms with Crippen LogP contribution < -0.4 is 5.32 Å². The smallest absolute Gasteiger partial charge is 0.240 e. The van der Waals surface area contributed by atoms with Gasteiger partial charge in [0.1, 0.15) is 0 Å². The van der Waals surface area contributed by atoms with Gasteiger partial charge in [-0.25, -0.2) is 4.79 Å². The first kappa shape index (κ1) is 24.6. The molecule has 3 aliphatic rings. The standard InChI is InChI=1S/C32H37N3O/c1-32(2,3)27-14-15-28(34-22-36)26(20-27)21-33-30-25-16-18-35(19-17-25)31(30)29(23-10-6-4-7-11-23)24-12-8-5-9-13-24/h4-15,20,25,29-31,33H,16-19,21H2,1-3H3/t30-,31-/m0/s1. The zero-order valence-electron chi connectivity index (χ0n) is 21.7. The molecule has 3 aromatic carbocycles. The number of hydrogen-bond acceptors (Lipinski definition) is 4. The van der Waals surface area contributed by atoms with Crippen LogP contribution in [0.3, 0.4) is 0 Å². The minimum absolute atomic E-state index is 0.0298. The predicted octanol–water partition coefficient (Wildman–Crippen LogP) is 6.34. The zero-order valence-corrected chi connectivity index (χ0v) is 21.7. The van der Waals surface area contributed by atoms with Crippen LogP contribution in [0.25, 0.3) is 0 Å². The van der Waals surface area contributed by atoms with Gasteiger partial charge in [-0.3, -0.25) is 4.90 Å². The number of fused-ring (bicyclic) bond motifs is 3. The monoisotopic (exact) mass is 479 g/mol. The van der Waals surface area contributed by atoms with E-state index >= 15 is 0 Å². The number of nitrogens with zero attached hydrogens (tertiary/aromatic N) is 2. The molecular formula is C32H37N3O. The number of isocyanates is 1. The molecule has 3 saturated heterocycles. The number of hydrogen-bond donors (Lipinski definition) is 1. The molecule has 2 atom stereocenters. The molecule has 0 amide bonds. The van der Waals surface area contributed by atoms with Gasteiger partial charge >= 0.3 is 0 Å². The zero-order chi connectivity index (χ0) is 25.1. The van der Waals surface area contributed by atoms with Gasteiger partial charge in [-0.15, -0.1) is 0 Å². The molecule has 0 aliphatic carbocycles. The van der Waals surface area contributed by atoms with Crippen molar-refractivity contribution in [3.63, 3.8) is 0 Å². The SMILES string of the molecule is CC(C)(C)c1ccc(N=C=O)c(CN[C@H]2C3CCN(CC3)[C@H]2C(c2ccccc2)c2ccccc2)c1. The largest absolute Gasteiger partial charge is 0.308 e. The third kappa shape index (κ3) is 5.08. The van der Waals surface area contributed by atoms with Crippen molar-refractivity contribution >= 4 is 11.8 Å². The van der Waals surface area contributed by atoms with E-state index in [9.17, 15) is 4.79 Å². The Morgan fingerprint density at radius 2 is 1.56 bits per heavy atom. The highest BCUT2D eigenvalue weighted by molar-refractivity contribution is 5.55. The van der Waals surface area contributed by atoms with Crippen molar-refractivity contribution in [1.29, 1.82) is 0 Å². The minimum Gasteiger partial charge on any atom is -0.308 e. The maximum atomic E-state index is 11.2. The molecule has 3 fully saturated rings. The second kappa shape index (κ2) is 10.5. The average molecular weight is 480 g/mol. The fourth-order valence-electron chi connectivity index (χ4n) is 6.28. The summed E-state index contributed by atoms with van der Waals surface area (Å²) < 4.78 is 0. The van der Waals surface area contributed by atoms with Crippen molar-refractivity contribution in [1.82, 2.24) is 10.2 Å². The molecule has 0 aromatic heterocycles. The summed E-state index contributed by atoms with van der Waals surface area (Å²) in [6, 6.07) is 28.9.